The molecule has 3 aliphatic rings. The van der Waals surface area contributed by atoms with Crippen molar-refractivity contribution < 1.29 is 4.79 Å². The van der Waals surface area contributed by atoms with Crippen LogP contribution in [0.2, 0.25) is 0 Å². The fraction of sp³-hybridized carbons (Fsp3) is 0.909. The molecule has 1 aliphatic carbocycles. The van der Waals surface area contributed by atoms with E-state index in [4.69, 9.17) is 0 Å². The van der Waals surface area contributed by atoms with Crippen molar-refractivity contribution >= 4 is 5.91 Å². The highest BCUT2D eigenvalue weighted by Gasteiger charge is 2.46. The molecule has 4 atom stereocenters. The number of fused-ring (bicyclic) bond motifs is 6. The van der Waals surface area contributed by atoms with Crippen molar-refractivity contribution in [2.45, 2.75) is 37.8 Å². The lowest BCUT2D eigenvalue weighted by molar-refractivity contribution is -0.121. The normalized spacial score (nSPS) is 47.4. The molecular weight excluding hydrogens is 176 g/mol. The number of hydrogen-bond acceptors (Lipinski definition) is 2. The van der Waals surface area contributed by atoms with Crippen LogP contribution in [0.1, 0.15) is 25.7 Å². The summed E-state index contributed by atoms with van der Waals surface area (Å²) >= 11 is 0. The van der Waals surface area contributed by atoms with Gasteiger partial charge in [0.25, 0.3) is 0 Å². The monoisotopic (exact) mass is 194 g/mol. The van der Waals surface area contributed by atoms with E-state index in [9.17, 15) is 4.79 Å². The third-order valence-corrected chi connectivity index (χ3v) is 4.55. The Morgan fingerprint density at radius 2 is 2.00 bits per heavy atom. The van der Waals surface area contributed by atoms with Crippen LogP contribution in [0, 0.1) is 11.8 Å². The highest BCUT2D eigenvalue weighted by molar-refractivity contribution is 5.77. The second-order valence-electron chi connectivity index (χ2n) is 5.14. The number of carbonyl (C=O) groups excluding carboxylic acids is 1. The van der Waals surface area contributed by atoms with E-state index in [1.54, 1.807) is 0 Å². The van der Waals surface area contributed by atoms with Gasteiger partial charge < -0.3 is 5.32 Å². The molecule has 0 radical (unpaired) electrons. The number of nitrogens with zero attached hydrogens (tertiary/aromatic N) is 1. The second kappa shape index (κ2) is 2.96. The van der Waals surface area contributed by atoms with Crippen LogP contribution in [0.15, 0.2) is 0 Å². The molecule has 3 fully saturated rings. The molecule has 2 saturated heterocycles. The first-order chi connectivity index (χ1) is 6.75. The number of likely N-dealkylation sites (N-methyl/N-ethyl adjacent to an activating group) is 1. The lowest BCUT2D eigenvalue weighted by Gasteiger charge is -2.41. The van der Waals surface area contributed by atoms with Gasteiger partial charge in [-0.25, -0.2) is 0 Å². The Morgan fingerprint density at radius 1 is 1.29 bits per heavy atom. The van der Waals surface area contributed by atoms with E-state index in [0.29, 0.717) is 12.1 Å². The van der Waals surface area contributed by atoms with Crippen LogP contribution < -0.4 is 5.32 Å². The summed E-state index contributed by atoms with van der Waals surface area (Å²) in [7, 11) is 2.21. The molecule has 78 valence electrons. The SMILES string of the molecule is CN1[C@@H]2CNC(=O)C[C@H]1[C@@H]1CC[C@@H]2C1. The maximum atomic E-state index is 11.5. The molecule has 0 aromatic heterocycles. The minimum absolute atomic E-state index is 0.261. The summed E-state index contributed by atoms with van der Waals surface area (Å²) in [5.74, 6) is 1.90. The molecule has 0 unspecified atom stereocenters. The van der Waals surface area contributed by atoms with E-state index in [-0.39, 0.29) is 5.91 Å². The fourth-order valence-corrected chi connectivity index (χ4v) is 3.76. The van der Waals surface area contributed by atoms with E-state index < -0.39 is 0 Å². The Morgan fingerprint density at radius 3 is 2.79 bits per heavy atom. The predicted molar refractivity (Wildman–Crippen MR) is 53.8 cm³/mol. The summed E-state index contributed by atoms with van der Waals surface area (Å²) in [6, 6.07) is 1.14. The van der Waals surface area contributed by atoms with Crippen LogP contribution in [0.5, 0.6) is 0 Å². The lowest BCUT2D eigenvalue weighted by atomic mass is 9.85. The van der Waals surface area contributed by atoms with Gasteiger partial charge in [-0.2, -0.15) is 0 Å². The molecule has 1 saturated carbocycles. The van der Waals surface area contributed by atoms with Crippen molar-refractivity contribution in [3.63, 3.8) is 0 Å². The lowest BCUT2D eigenvalue weighted by Crippen LogP contribution is -2.50. The van der Waals surface area contributed by atoms with E-state index in [0.717, 1.165) is 24.8 Å². The highest BCUT2D eigenvalue weighted by Crippen LogP contribution is 2.44. The third kappa shape index (κ3) is 1.11. The van der Waals surface area contributed by atoms with Crippen molar-refractivity contribution in [3.05, 3.63) is 0 Å². The number of hydrogen-bond donors (Lipinski definition) is 1. The zero-order valence-electron chi connectivity index (χ0n) is 8.70. The Balaban J connectivity index is 1.93. The summed E-state index contributed by atoms with van der Waals surface area (Å²) in [5.41, 5.74) is 0. The van der Waals surface area contributed by atoms with E-state index in [2.05, 4.69) is 17.3 Å². The predicted octanol–water partition coefficient (Wildman–Crippen LogP) is 0.605. The zero-order valence-corrected chi connectivity index (χ0v) is 8.70. The molecule has 14 heavy (non-hydrogen) atoms. The highest BCUT2D eigenvalue weighted by atomic mass is 16.1. The second-order valence-corrected chi connectivity index (χ2v) is 5.14. The Bertz CT molecular complexity index is 266. The van der Waals surface area contributed by atoms with Gasteiger partial charge in [0.15, 0.2) is 0 Å². The molecule has 4 bridgehead atoms. The first-order valence-corrected chi connectivity index (χ1v) is 5.74. The third-order valence-electron chi connectivity index (χ3n) is 4.55. The summed E-state index contributed by atoms with van der Waals surface area (Å²) in [6.45, 7) is 0.878. The Labute approximate surface area is 84.8 Å². The average Bonchev–Trinajstić information content (AvgIpc) is 2.55. The molecule has 0 aromatic rings. The summed E-state index contributed by atoms with van der Waals surface area (Å²) in [6.07, 6.45) is 4.83. The number of amides is 1. The molecule has 0 spiro atoms. The van der Waals surface area contributed by atoms with Gasteiger partial charge in [0, 0.05) is 25.0 Å². The number of rotatable bonds is 0. The van der Waals surface area contributed by atoms with Gasteiger partial charge in [-0.05, 0) is 38.1 Å². The van der Waals surface area contributed by atoms with Crippen LogP contribution in [-0.4, -0.2) is 36.5 Å². The van der Waals surface area contributed by atoms with Gasteiger partial charge in [0.05, 0.1) is 0 Å². The molecule has 3 rings (SSSR count). The molecule has 3 heteroatoms. The van der Waals surface area contributed by atoms with Gasteiger partial charge in [-0.15, -0.1) is 0 Å². The smallest absolute Gasteiger partial charge is 0.221 e. The quantitative estimate of drug-likeness (QED) is 0.612. The van der Waals surface area contributed by atoms with Gasteiger partial charge in [-0.1, -0.05) is 0 Å². The van der Waals surface area contributed by atoms with Crippen molar-refractivity contribution in [3.8, 4) is 0 Å². The molecule has 0 aromatic carbocycles. The Hall–Kier alpha value is -0.570. The zero-order chi connectivity index (χ0) is 9.71. The van der Waals surface area contributed by atoms with Crippen molar-refractivity contribution in [2.24, 2.45) is 11.8 Å². The minimum atomic E-state index is 0.261. The van der Waals surface area contributed by atoms with Crippen LogP contribution in [-0.2, 0) is 4.79 Å². The molecule has 1 amide bonds. The largest absolute Gasteiger partial charge is 0.354 e. The number of piperidine rings is 1. The van der Waals surface area contributed by atoms with Crippen LogP contribution in [0.4, 0.5) is 0 Å². The first kappa shape index (κ1) is 8.72. The molecule has 1 N–H and O–H groups in total. The van der Waals surface area contributed by atoms with Crippen LogP contribution in [0.25, 0.3) is 0 Å². The van der Waals surface area contributed by atoms with Crippen LogP contribution >= 0.6 is 0 Å². The summed E-state index contributed by atoms with van der Waals surface area (Å²) in [4.78, 5) is 14.0. The van der Waals surface area contributed by atoms with Gasteiger partial charge in [0.2, 0.25) is 5.91 Å². The van der Waals surface area contributed by atoms with Crippen molar-refractivity contribution in [2.75, 3.05) is 13.6 Å². The van der Waals surface area contributed by atoms with Crippen molar-refractivity contribution in [1.29, 1.82) is 0 Å². The van der Waals surface area contributed by atoms with E-state index in [1.807, 2.05) is 0 Å². The van der Waals surface area contributed by atoms with Gasteiger partial charge in [0.1, 0.15) is 0 Å². The fourth-order valence-electron chi connectivity index (χ4n) is 3.76. The standard InChI is InChI=1S/C11H18N2O/c1-13-9-5-11(14)12-6-10(13)8-3-2-7(9)4-8/h7-10H,2-6H2,1H3,(H,12,14)/t7-,8-,9+,10-/m1/s1. The summed E-state index contributed by atoms with van der Waals surface area (Å²) < 4.78 is 0. The molecule has 2 heterocycles. The molecule has 2 aliphatic heterocycles. The first-order valence-electron chi connectivity index (χ1n) is 5.74. The van der Waals surface area contributed by atoms with Crippen LogP contribution in [0.3, 0.4) is 0 Å². The van der Waals surface area contributed by atoms with E-state index in [1.165, 1.54) is 19.3 Å². The van der Waals surface area contributed by atoms with Crippen molar-refractivity contribution in [1.82, 2.24) is 10.2 Å². The molecule has 3 nitrogen and oxygen atoms in total. The topological polar surface area (TPSA) is 32.3 Å². The van der Waals surface area contributed by atoms with Gasteiger partial charge >= 0.3 is 0 Å². The van der Waals surface area contributed by atoms with E-state index >= 15 is 0 Å². The minimum Gasteiger partial charge on any atom is -0.354 e. The average molecular weight is 194 g/mol. The Kier molecular flexibility index (Phi) is 1.84. The number of nitrogens with one attached hydrogen (secondary N) is 1. The summed E-state index contributed by atoms with van der Waals surface area (Å²) in [5, 5.41) is 3.05. The van der Waals surface area contributed by atoms with Gasteiger partial charge in [-0.3, -0.25) is 9.69 Å². The molecular formula is C11H18N2O. The maximum Gasteiger partial charge on any atom is 0.221 e. The maximum absolute atomic E-state index is 11.5. The number of carbonyl (C=O) groups is 1.